The van der Waals surface area contributed by atoms with Crippen molar-refractivity contribution in [3.8, 4) is 17.0 Å². The van der Waals surface area contributed by atoms with Gasteiger partial charge in [-0.05, 0) is 50.1 Å². The number of pyridine rings is 1. The van der Waals surface area contributed by atoms with Crippen molar-refractivity contribution in [3.05, 3.63) is 41.6 Å². The first-order valence-electron chi connectivity index (χ1n) is 9.60. The van der Waals surface area contributed by atoms with Gasteiger partial charge in [0, 0.05) is 11.5 Å². The standard InChI is InChI=1S/C21H20F3N3O3/c1-3-30-17(28)11-27-20-18(19(26-27)13-4-5-13)15(21(22,23)24)10-16(25-20)12-6-8-14(29-2)9-7-12/h6-10,13H,3-5,11H2,1-2H3. The number of halogens is 3. The molecule has 2 aromatic heterocycles. The number of nitrogens with zero attached hydrogens (tertiary/aromatic N) is 3. The van der Waals surface area contributed by atoms with Crippen LogP contribution in [0, 0.1) is 0 Å². The smallest absolute Gasteiger partial charge is 0.417 e. The summed E-state index contributed by atoms with van der Waals surface area (Å²) in [5.41, 5.74) is 0.223. The average Bonchev–Trinajstić information content (AvgIpc) is 3.50. The van der Waals surface area contributed by atoms with E-state index in [2.05, 4.69) is 10.1 Å². The highest BCUT2D eigenvalue weighted by Crippen LogP contribution is 2.46. The minimum Gasteiger partial charge on any atom is -0.497 e. The first-order valence-corrected chi connectivity index (χ1v) is 9.60. The molecule has 0 spiro atoms. The van der Waals surface area contributed by atoms with E-state index >= 15 is 0 Å². The van der Waals surface area contributed by atoms with Crippen LogP contribution >= 0.6 is 0 Å². The Bertz CT molecular complexity index is 1090. The number of carbonyl (C=O) groups is 1. The summed E-state index contributed by atoms with van der Waals surface area (Å²) in [6, 6.07) is 7.63. The lowest BCUT2D eigenvalue weighted by Crippen LogP contribution is -2.15. The van der Waals surface area contributed by atoms with Gasteiger partial charge in [-0.1, -0.05) is 0 Å². The predicted octanol–water partition coefficient (Wildman–Crippen LogP) is 4.57. The van der Waals surface area contributed by atoms with Gasteiger partial charge in [0.1, 0.15) is 12.3 Å². The van der Waals surface area contributed by atoms with Crippen LogP contribution in [0.15, 0.2) is 30.3 Å². The molecule has 3 aromatic rings. The van der Waals surface area contributed by atoms with Gasteiger partial charge in [0.05, 0.1) is 36.1 Å². The molecule has 4 rings (SSSR count). The van der Waals surface area contributed by atoms with Gasteiger partial charge in [0.25, 0.3) is 0 Å². The van der Waals surface area contributed by atoms with E-state index in [9.17, 15) is 18.0 Å². The van der Waals surface area contributed by atoms with Gasteiger partial charge in [-0.2, -0.15) is 18.3 Å². The van der Waals surface area contributed by atoms with Crippen LogP contribution in [0.1, 0.15) is 36.9 Å². The predicted molar refractivity (Wildman–Crippen MR) is 103 cm³/mol. The Kier molecular flexibility index (Phi) is 5.13. The Hall–Kier alpha value is -3.10. The van der Waals surface area contributed by atoms with Crippen molar-refractivity contribution >= 4 is 17.0 Å². The van der Waals surface area contributed by atoms with Gasteiger partial charge in [-0.15, -0.1) is 0 Å². The molecule has 1 aliphatic carbocycles. The highest BCUT2D eigenvalue weighted by molar-refractivity contribution is 5.87. The fraction of sp³-hybridized carbons (Fsp3) is 0.381. The number of hydrogen-bond acceptors (Lipinski definition) is 5. The number of methoxy groups -OCH3 is 1. The van der Waals surface area contributed by atoms with Crippen LogP contribution in [-0.2, 0) is 22.3 Å². The molecule has 0 radical (unpaired) electrons. The van der Waals surface area contributed by atoms with Gasteiger partial charge in [-0.25, -0.2) is 9.67 Å². The molecule has 1 aliphatic rings. The van der Waals surface area contributed by atoms with E-state index in [1.807, 2.05) is 0 Å². The second-order valence-corrected chi connectivity index (χ2v) is 7.10. The van der Waals surface area contributed by atoms with Crippen LogP contribution in [-0.4, -0.2) is 34.5 Å². The molecule has 0 bridgehead atoms. The van der Waals surface area contributed by atoms with E-state index in [4.69, 9.17) is 9.47 Å². The Labute approximate surface area is 170 Å². The van der Waals surface area contributed by atoms with Crippen LogP contribution in [0.5, 0.6) is 5.75 Å². The summed E-state index contributed by atoms with van der Waals surface area (Å²) in [6.07, 6.45) is -3.06. The van der Waals surface area contributed by atoms with Crippen molar-refractivity contribution in [2.75, 3.05) is 13.7 Å². The van der Waals surface area contributed by atoms with Gasteiger partial charge in [0.15, 0.2) is 5.65 Å². The molecule has 0 N–H and O–H groups in total. The third-order valence-electron chi connectivity index (χ3n) is 4.97. The third kappa shape index (κ3) is 3.83. The lowest BCUT2D eigenvalue weighted by Gasteiger charge is -2.12. The van der Waals surface area contributed by atoms with Crippen LogP contribution in [0.2, 0.25) is 0 Å². The van der Waals surface area contributed by atoms with Crippen molar-refractivity contribution in [1.29, 1.82) is 0 Å². The molecule has 158 valence electrons. The molecule has 2 heterocycles. The van der Waals surface area contributed by atoms with E-state index in [1.165, 1.54) is 11.8 Å². The summed E-state index contributed by atoms with van der Waals surface area (Å²) in [5, 5.41) is 4.31. The number of alkyl halides is 3. The van der Waals surface area contributed by atoms with Crippen molar-refractivity contribution in [2.24, 2.45) is 0 Å². The molecule has 0 aliphatic heterocycles. The number of rotatable bonds is 6. The third-order valence-corrected chi connectivity index (χ3v) is 4.97. The van der Waals surface area contributed by atoms with E-state index in [1.54, 1.807) is 31.2 Å². The zero-order chi connectivity index (χ0) is 21.5. The number of carbonyl (C=O) groups excluding carboxylic acids is 1. The summed E-state index contributed by atoms with van der Waals surface area (Å²) >= 11 is 0. The number of aromatic nitrogens is 3. The molecule has 30 heavy (non-hydrogen) atoms. The Morgan fingerprint density at radius 3 is 2.50 bits per heavy atom. The Morgan fingerprint density at radius 2 is 1.93 bits per heavy atom. The molecular formula is C21H20F3N3O3. The summed E-state index contributed by atoms with van der Waals surface area (Å²) < 4.78 is 53.3. The topological polar surface area (TPSA) is 66.2 Å². The monoisotopic (exact) mass is 419 g/mol. The SMILES string of the molecule is CCOC(=O)Cn1nc(C2CC2)c2c(C(F)(F)F)cc(-c3ccc(OC)cc3)nc21. The highest BCUT2D eigenvalue weighted by atomic mass is 19.4. The lowest BCUT2D eigenvalue weighted by atomic mass is 10.0. The van der Waals surface area contributed by atoms with E-state index in [-0.39, 0.29) is 35.8 Å². The second kappa shape index (κ2) is 7.62. The fourth-order valence-corrected chi connectivity index (χ4v) is 3.41. The lowest BCUT2D eigenvalue weighted by molar-refractivity contribution is -0.144. The van der Waals surface area contributed by atoms with Gasteiger partial charge in [-0.3, -0.25) is 4.79 Å². The minimum absolute atomic E-state index is 0.0330. The van der Waals surface area contributed by atoms with Crippen molar-refractivity contribution in [1.82, 2.24) is 14.8 Å². The van der Waals surface area contributed by atoms with Crippen LogP contribution in [0.4, 0.5) is 13.2 Å². The summed E-state index contributed by atoms with van der Waals surface area (Å²) in [4.78, 5) is 16.5. The zero-order valence-corrected chi connectivity index (χ0v) is 16.5. The molecule has 1 fully saturated rings. The number of fused-ring (bicyclic) bond motifs is 1. The van der Waals surface area contributed by atoms with Crippen molar-refractivity contribution in [2.45, 2.75) is 38.4 Å². The molecule has 0 atom stereocenters. The summed E-state index contributed by atoms with van der Waals surface area (Å²) in [6.45, 7) is 1.54. The number of ether oxygens (including phenoxy) is 2. The molecule has 1 saturated carbocycles. The second-order valence-electron chi connectivity index (χ2n) is 7.10. The van der Waals surface area contributed by atoms with Gasteiger partial charge >= 0.3 is 12.1 Å². The van der Waals surface area contributed by atoms with Gasteiger partial charge in [0.2, 0.25) is 0 Å². The Balaban J connectivity index is 1.93. The molecule has 0 amide bonds. The van der Waals surface area contributed by atoms with Crippen molar-refractivity contribution < 1.29 is 27.4 Å². The van der Waals surface area contributed by atoms with E-state index in [0.29, 0.717) is 17.0 Å². The number of benzene rings is 1. The van der Waals surface area contributed by atoms with E-state index < -0.39 is 17.7 Å². The average molecular weight is 419 g/mol. The summed E-state index contributed by atoms with van der Waals surface area (Å²) in [7, 11) is 1.51. The number of esters is 1. The Morgan fingerprint density at radius 1 is 1.23 bits per heavy atom. The van der Waals surface area contributed by atoms with E-state index in [0.717, 1.165) is 18.9 Å². The first-order chi connectivity index (χ1) is 14.3. The quantitative estimate of drug-likeness (QED) is 0.548. The first kappa shape index (κ1) is 20.2. The summed E-state index contributed by atoms with van der Waals surface area (Å²) in [5.74, 6) is -0.0422. The molecule has 1 aromatic carbocycles. The van der Waals surface area contributed by atoms with Crippen molar-refractivity contribution in [3.63, 3.8) is 0 Å². The maximum absolute atomic E-state index is 14.0. The zero-order valence-electron chi connectivity index (χ0n) is 16.5. The maximum Gasteiger partial charge on any atom is 0.417 e. The number of hydrogen-bond donors (Lipinski definition) is 0. The molecular weight excluding hydrogens is 399 g/mol. The van der Waals surface area contributed by atoms with Crippen LogP contribution < -0.4 is 4.74 Å². The minimum atomic E-state index is -4.59. The molecule has 9 heteroatoms. The highest BCUT2D eigenvalue weighted by Gasteiger charge is 2.39. The normalized spacial score (nSPS) is 14.2. The van der Waals surface area contributed by atoms with Crippen LogP contribution in [0.25, 0.3) is 22.3 Å². The van der Waals surface area contributed by atoms with Crippen LogP contribution in [0.3, 0.4) is 0 Å². The largest absolute Gasteiger partial charge is 0.497 e. The maximum atomic E-state index is 14.0. The van der Waals surface area contributed by atoms with Gasteiger partial charge < -0.3 is 9.47 Å². The molecule has 6 nitrogen and oxygen atoms in total. The fourth-order valence-electron chi connectivity index (χ4n) is 3.41. The molecule has 0 saturated heterocycles. The molecule has 0 unspecified atom stereocenters.